The van der Waals surface area contributed by atoms with Crippen molar-refractivity contribution in [3.05, 3.63) is 0 Å². The standard InChI is InChI=1S/C4H10.C3H8.2C2H6.9CH4/c1-3-4-2;1-3-2;2*1-2;;;;;;;;;/h3-4H2,1-2H3;3H2,1-2H3;2*1-2H3;9*1H4. The molecule has 0 atom stereocenters. The van der Waals surface area contributed by atoms with Crippen molar-refractivity contribution in [2.45, 2.75) is 141 Å². The molecule has 0 spiro atoms. The maximum atomic E-state index is 2.18. The van der Waals surface area contributed by atoms with Gasteiger partial charge in [-0.25, -0.2) is 0 Å². The van der Waals surface area contributed by atoms with Gasteiger partial charge in [0.15, 0.2) is 0 Å². The molecule has 0 fully saturated rings. The molecule has 0 saturated carbocycles. The summed E-state index contributed by atoms with van der Waals surface area (Å²) in [4.78, 5) is 0. The van der Waals surface area contributed by atoms with Crippen LogP contribution in [-0.2, 0) is 0 Å². The summed E-state index contributed by atoms with van der Waals surface area (Å²) in [6.45, 7) is 16.6. The van der Waals surface area contributed by atoms with Crippen molar-refractivity contribution in [1.29, 1.82) is 0 Å². The minimum absolute atomic E-state index is 0. The fourth-order valence-electron chi connectivity index (χ4n) is 0. The Morgan fingerprint density at radius 1 is 0.350 bits per heavy atom. The maximum Gasteiger partial charge on any atom is -0.0564 e. The van der Waals surface area contributed by atoms with Crippen molar-refractivity contribution in [3.63, 3.8) is 0 Å². The molecule has 0 aliphatic carbocycles. The van der Waals surface area contributed by atoms with Gasteiger partial charge in [-0.05, 0) is 0 Å². The first-order valence-corrected chi connectivity index (χ1v) is 5.33. The first-order chi connectivity index (χ1) is 5.33. The van der Waals surface area contributed by atoms with E-state index in [0.717, 1.165) is 0 Å². The minimum Gasteiger partial charge on any atom is -0.0776 e. The number of hydrogen-bond donors (Lipinski definition) is 0. The van der Waals surface area contributed by atoms with Crippen LogP contribution in [0.3, 0.4) is 0 Å². The molecule has 0 aliphatic heterocycles. The smallest absolute Gasteiger partial charge is 0.0564 e. The summed E-state index contributed by atoms with van der Waals surface area (Å²) >= 11 is 0. The van der Waals surface area contributed by atoms with Gasteiger partial charge in [0, 0.05) is 0 Å². The summed E-state index contributed by atoms with van der Waals surface area (Å²) in [6.07, 6.45) is 3.89. The first-order valence-electron chi connectivity index (χ1n) is 5.33. The highest BCUT2D eigenvalue weighted by atomic mass is 13.6. The molecular formula is C20H66. The van der Waals surface area contributed by atoms with E-state index in [1.54, 1.807) is 0 Å². The predicted octanol–water partition coefficient (Wildman–Crippen LogP) is 11.0. The third-order valence-electron chi connectivity index (χ3n) is 0.500. The van der Waals surface area contributed by atoms with Gasteiger partial charge in [-0.3, -0.25) is 0 Å². The van der Waals surface area contributed by atoms with Gasteiger partial charge in [0.2, 0.25) is 0 Å². The molecule has 0 heteroatoms. The van der Waals surface area contributed by atoms with Gasteiger partial charge in [0.05, 0.1) is 0 Å². The van der Waals surface area contributed by atoms with Gasteiger partial charge in [-0.15, -0.1) is 0 Å². The van der Waals surface area contributed by atoms with E-state index in [1.807, 2.05) is 27.7 Å². The lowest BCUT2D eigenvalue weighted by atomic mass is 10.4. The molecular weight excluding hydrogens is 240 g/mol. The van der Waals surface area contributed by atoms with Crippen LogP contribution in [0.1, 0.15) is 141 Å². The van der Waals surface area contributed by atoms with Crippen molar-refractivity contribution in [2.75, 3.05) is 0 Å². The van der Waals surface area contributed by atoms with Crippen molar-refractivity contribution in [2.24, 2.45) is 0 Å². The van der Waals surface area contributed by atoms with Crippen LogP contribution in [-0.4, -0.2) is 0 Å². The molecule has 0 bridgehead atoms. The van der Waals surface area contributed by atoms with E-state index in [2.05, 4.69) is 27.7 Å². The summed E-state index contributed by atoms with van der Waals surface area (Å²) in [5, 5.41) is 0. The zero-order valence-corrected chi connectivity index (χ0v) is 10.1. The zero-order chi connectivity index (χ0) is 10.1. The molecule has 0 amide bonds. The molecule has 146 valence electrons. The van der Waals surface area contributed by atoms with Gasteiger partial charge in [0.25, 0.3) is 0 Å². The minimum atomic E-state index is 0. The van der Waals surface area contributed by atoms with Crippen LogP contribution in [0.25, 0.3) is 0 Å². The Bertz CT molecular complexity index is 7.51. The lowest BCUT2D eigenvalue weighted by Crippen LogP contribution is -1.47. The van der Waals surface area contributed by atoms with Crippen LogP contribution in [0, 0.1) is 0 Å². The normalized spacial score (nSPS) is 3.00. The summed E-state index contributed by atoms with van der Waals surface area (Å²) in [6, 6.07) is 0. The highest BCUT2D eigenvalue weighted by molar-refractivity contribution is 4.12. The third kappa shape index (κ3) is 5200. The highest BCUT2D eigenvalue weighted by Crippen LogP contribution is 1.76. The maximum absolute atomic E-state index is 2.18. The summed E-state index contributed by atoms with van der Waals surface area (Å²) in [7, 11) is 0. The van der Waals surface area contributed by atoms with E-state index in [4.69, 9.17) is 0 Å². The monoisotopic (exact) mass is 307 g/mol. The fourth-order valence-corrected chi connectivity index (χ4v) is 0. The van der Waals surface area contributed by atoms with Crippen LogP contribution in [0.4, 0.5) is 0 Å². The Morgan fingerprint density at radius 2 is 0.400 bits per heavy atom. The zero-order valence-electron chi connectivity index (χ0n) is 10.1. The third-order valence-corrected chi connectivity index (χ3v) is 0.500. The van der Waals surface area contributed by atoms with Crippen molar-refractivity contribution in [1.82, 2.24) is 0 Å². The largest absolute Gasteiger partial charge is 0.0776 e. The average molecular weight is 307 g/mol. The Kier molecular flexibility index (Phi) is 5040. The Labute approximate surface area is 142 Å². The molecule has 0 nitrogen and oxygen atoms in total. The van der Waals surface area contributed by atoms with Gasteiger partial charge in [0.1, 0.15) is 0 Å². The van der Waals surface area contributed by atoms with Gasteiger partial charge >= 0.3 is 0 Å². The van der Waals surface area contributed by atoms with Gasteiger partial charge in [-0.2, -0.15) is 0 Å². The lowest BCUT2D eigenvalue weighted by molar-refractivity contribution is 0.886. The van der Waals surface area contributed by atoms with E-state index in [1.165, 1.54) is 19.3 Å². The van der Waals surface area contributed by atoms with E-state index in [0.29, 0.717) is 0 Å². The molecule has 0 saturated heterocycles. The molecule has 0 unspecified atom stereocenters. The van der Waals surface area contributed by atoms with Gasteiger partial charge in [-0.1, -0.05) is 141 Å². The van der Waals surface area contributed by atoms with Crippen molar-refractivity contribution >= 4 is 0 Å². The fraction of sp³-hybridized carbons (Fsp3) is 1.00. The Balaban J connectivity index is -0.00000000265. The van der Waals surface area contributed by atoms with Crippen molar-refractivity contribution < 1.29 is 0 Å². The van der Waals surface area contributed by atoms with Crippen molar-refractivity contribution in [3.8, 4) is 0 Å². The van der Waals surface area contributed by atoms with E-state index in [9.17, 15) is 0 Å². The van der Waals surface area contributed by atoms with E-state index in [-0.39, 0.29) is 66.8 Å². The lowest BCUT2D eigenvalue weighted by Gasteiger charge is -1.68. The molecule has 0 aliphatic rings. The Morgan fingerprint density at radius 3 is 0.400 bits per heavy atom. The van der Waals surface area contributed by atoms with Crippen LogP contribution in [0.5, 0.6) is 0 Å². The molecule has 0 rings (SSSR count). The highest BCUT2D eigenvalue weighted by Gasteiger charge is 1.56. The second-order valence-electron chi connectivity index (χ2n) is 1.71. The number of rotatable bonds is 1. The number of unbranched alkanes of at least 4 members (excludes halogenated alkanes) is 1. The molecule has 0 aromatic rings. The second kappa shape index (κ2) is 684. The van der Waals surface area contributed by atoms with E-state index < -0.39 is 0 Å². The topological polar surface area (TPSA) is 0 Å². The average Bonchev–Trinajstić information content (AvgIpc) is 2.12. The SMILES string of the molecule is C.C.C.C.C.C.C.C.C.CC.CC.CCC.CCCC. The summed E-state index contributed by atoms with van der Waals surface area (Å²) in [5.41, 5.74) is 0. The molecule has 0 radical (unpaired) electrons. The van der Waals surface area contributed by atoms with Crippen LogP contribution >= 0.6 is 0 Å². The summed E-state index contributed by atoms with van der Waals surface area (Å²) < 4.78 is 0. The van der Waals surface area contributed by atoms with E-state index >= 15 is 0 Å². The second-order valence-corrected chi connectivity index (χ2v) is 1.71. The molecule has 0 aromatic heterocycles. The number of hydrogen-bond acceptors (Lipinski definition) is 0. The molecule has 0 aromatic carbocycles. The predicted molar refractivity (Wildman–Crippen MR) is 120 cm³/mol. The Hall–Kier alpha value is 0. The first kappa shape index (κ1) is 147. The summed E-state index contributed by atoms with van der Waals surface area (Å²) in [5.74, 6) is 0. The molecule has 0 N–H and O–H groups in total. The van der Waals surface area contributed by atoms with Crippen LogP contribution in [0.2, 0.25) is 0 Å². The molecule has 0 heterocycles. The van der Waals surface area contributed by atoms with Crippen LogP contribution < -0.4 is 0 Å². The van der Waals surface area contributed by atoms with Crippen LogP contribution in [0.15, 0.2) is 0 Å². The quantitative estimate of drug-likeness (QED) is 0.451. The molecule has 20 heavy (non-hydrogen) atoms. The van der Waals surface area contributed by atoms with Gasteiger partial charge < -0.3 is 0 Å².